The van der Waals surface area contributed by atoms with E-state index in [0.29, 0.717) is 12.5 Å². The molecule has 3 aromatic rings. The predicted octanol–water partition coefficient (Wildman–Crippen LogP) is 2.03. The molecule has 0 spiro atoms. The highest BCUT2D eigenvalue weighted by molar-refractivity contribution is 5.57. The first-order chi connectivity index (χ1) is 13.7. The third kappa shape index (κ3) is 3.06. The summed E-state index contributed by atoms with van der Waals surface area (Å²) in [6.45, 7) is 4.39. The lowest BCUT2D eigenvalue weighted by Gasteiger charge is -2.41. The molecule has 7 heteroatoms. The van der Waals surface area contributed by atoms with Crippen molar-refractivity contribution >= 4 is 5.82 Å². The van der Waals surface area contributed by atoms with Crippen molar-refractivity contribution in [3.05, 3.63) is 64.1 Å². The third-order valence-electron chi connectivity index (χ3n) is 5.55. The molecule has 4 heterocycles. The number of nitrogens with zero attached hydrogens (tertiary/aromatic N) is 6. The van der Waals surface area contributed by atoms with Crippen LogP contribution in [0, 0.1) is 12.8 Å². The molecule has 28 heavy (non-hydrogen) atoms. The highest BCUT2D eigenvalue weighted by Gasteiger charge is 2.32. The van der Waals surface area contributed by atoms with Gasteiger partial charge < -0.3 is 4.90 Å². The Morgan fingerprint density at radius 3 is 2.71 bits per heavy atom. The molecule has 0 unspecified atom stereocenters. The van der Waals surface area contributed by atoms with Crippen molar-refractivity contribution < 1.29 is 0 Å². The molecule has 1 fully saturated rings. The van der Waals surface area contributed by atoms with Crippen LogP contribution in [0.2, 0.25) is 0 Å². The van der Waals surface area contributed by atoms with Gasteiger partial charge in [0, 0.05) is 54.3 Å². The lowest BCUT2D eigenvalue weighted by Crippen LogP contribution is -2.50. The first-order valence-electron chi connectivity index (χ1n) is 9.77. The Kier molecular flexibility index (Phi) is 4.15. The number of anilines is 1. The van der Waals surface area contributed by atoms with E-state index in [0.717, 1.165) is 48.8 Å². The van der Waals surface area contributed by atoms with Gasteiger partial charge in [-0.05, 0) is 44.4 Å². The van der Waals surface area contributed by atoms with E-state index in [-0.39, 0.29) is 5.56 Å². The minimum atomic E-state index is -0.0602. The topological polar surface area (TPSA) is 76.8 Å². The van der Waals surface area contributed by atoms with Crippen LogP contribution in [-0.4, -0.2) is 37.8 Å². The van der Waals surface area contributed by atoms with Gasteiger partial charge in [-0.2, -0.15) is 5.10 Å². The molecule has 1 aliphatic heterocycles. The van der Waals surface area contributed by atoms with Gasteiger partial charge in [0.15, 0.2) is 0 Å². The van der Waals surface area contributed by atoms with E-state index < -0.39 is 0 Å². The van der Waals surface area contributed by atoms with E-state index in [9.17, 15) is 4.79 Å². The van der Waals surface area contributed by atoms with Crippen molar-refractivity contribution in [2.24, 2.45) is 5.92 Å². The number of hydrogen-bond donors (Lipinski definition) is 0. The quantitative estimate of drug-likeness (QED) is 0.695. The molecule has 3 aromatic heterocycles. The van der Waals surface area contributed by atoms with Gasteiger partial charge in [0.25, 0.3) is 5.56 Å². The molecular weight excluding hydrogens is 352 g/mol. The summed E-state index contributed by atoms with van der Waals surface area (Å²) >= 11 is 0. The molecule has 1 saturated heterocycles. The molecule has 0 amide bonds. The van der Waals surface area contributed by atoms with Gasteiger partial charge in [-0.3, -0.25) is 9.78 Å². The maximum atomic E-state index is 12.3. The lowest BCUT2D eigenvalue weighted by atomic mass is 9.99. The number of aryl methyl sites for hydroxylation is 2. The summed E-state index contributed by atoms with van der Waals surface area (Å²) in [6, 6.07) is 7.18. The summed E-state index contributed by atoms with van der Waals surface area (Å²) in [4.78, 5) is 27.9. The highest BCUT2D eigenvalue weighted by Crippen LogP contribution is 2.32. The smallest absolute Gasteiger partial charge is 0.266 e. The Labute approximate surface area is 163 Å². The number of pyridine rings is 1. The molecule has 5 rings (SSSR count). The normalized spacial score (nSPS) is 16.1. The van der Waals surface area contributed by atoms with Crippen molar-refractivity contribution in [2.75, 3.05) is 18.0 Å². The molecule has 0 radical (unpaired) electrons. The molecule has 0 bridgehead atoms. The molecule has 0 N–H and O–H groups in total. The second-order valence-electron chi connectivity index (χ2n) is 7.62. The lowest BCUT2D eigenvalue weighted by molar-refractivity contribution is 0.333. The standard InChI is InChI=1S/C21H22N6O/c1-14-23-19-4-2-3-17(19)21(24-14)26-11-15(12-26)13-27-20(28)6-5-18(25-27)16-7-9-22-10-8-16/h5-10,15H,2-4,11-13H2,1H3. The predicted molar refractivity (Wildman–Crippen MR) is 106 cm³/mol. The zero-order chi connectivity index (χ0) is 19.1. The minimum absolute atomic E-state index is 0.0602. The maximum absolute atomic E-state index is 12.3. The SMILES string of the molecule is Cc1nc2c(c(N3CC(Cn4nc(-c5ccncc5)ccc4=O)C3)n1)CCC2. The molecule has 142 valence electrons. The zero-order valence-electron chi connectivity index (χ0n) is 15.9. The molecular formula is C21H22N6O. The van der Waals surface area contributed by atoms with Crippen LogP contribution in [0.1, 0.15) is 23.5 Å². The molecule has 1 aliphatic carbocycles. The Morgan fingerprint density at radius 1 is 1.07 bits per heavy atom. The molecule has 2 aliphatic rings. The van der Waals surface area contributed by atoms with Gasteiger partial charge in [0.05, 0.1) is 12.2 Å². The first kappa shape index (κ1) is 17.0. The third-order valence-corrected chi connectivity index (χ3v) is 5.55. The van der Waals surface area contributed by atoms with E-state index in [1.165, 1.54) is 17.7 Å². The Balaban J connectivity index is 1.32. The second-order valence-corrected chi connectivity index (χ2v) is 7.62. The molecule has 7 nitrogen and oxygen atoms in total. The monoisotopic (exact) mass is 374 g/mol. The zero-order valence-corrected chi connectivity index (χ0v) is 15.9. The average molecular weight is 374 g/mol. The van der Waals surface area contributed by atoms with Crippen molar-refractivity contribution in [3.8, 4) is 11.3 Å². The molecule has 0 saturated carbocycles. The van der Waals surface area contributed by atoms with Crippen LogP contribution in [0.25, 0.3) is 11.3 Å². The molecule has 0 atom stereocenters. The van der Waals surface area contributed by atoms with Crippen LogP contribution in [-0.2, 0) is 19.4 Å². The van der Waals surface area contributed by atoms with E-state index in [4.69, 9.17) is 4.98 Å². The minimum Gasteiger partial charge on any atom is -0.355 e. The Bertz CT molecular complexity index is 1070. The van der Waals surface area contributed by atoms with Gasteiger partial charge in [0.2, 0.25) is 0 Å². The van der Waals surface area contributed by atoms with Crippen molar-refractivity contribution in [1.29, 1.82) is 0 Å². The number of rotatable bonds is 4. The summed E-state index contributed by atoms with van der Waals surface area (Å²) in [5.74, 6) is 2.34. The van der Waals surface area contributed by atoms with Crippen molar-refractivity contribution in [3.63, 3.8) is 0 Å². The van der Waals surface area contributed by atoms with Crippen LogP contribution in [0.15, 0.2) is 41.5 Å². The van der Waals surface area contributed by atoms with Crippen LogP contribution in [0.5, 0.6) is 0 Å². The van der Waals surface area contributed by atoms with E-state index >= 15 is 0 Å². The van der Waals surface area contributed by atoms with Gasteiger partial charge in [0.1, 0.15) is 11.6 Å². The van der Waals surface area contributed by atoms with Gasteiger partial charge in [-0.15, -0.1) is 0 Å². The fourth-order valence-corrected chi connectivity index (χ4v) is 4.15. The number of fused-ring (bicyclic) bond motifs is 1. The van der Waals surface area contributed by atoms with Crippen LogP contribution >= 0.6 is 0 Å². The summed E-state index contributed by atoms with van der Waals surface area (Å²) in [6.07, 6.45) is 6.76. The van der Waals surface area contributed by atoms with E-state index in [2.05, 4.69) is 20.0 Å². The fourth-order valence-electron chi connectivity index (χ4n) is 4.15. The molecule has 0 aromatic carbocycles. The van der Waals surface area contributed by atoms with E-state index in [1.807, 2.05) is 19.1 Å². The summed E-state index contributed by atoms with van der Waals surface area (Å²) < 4.78 is 1.59. The maximum Gasteiger partial charge on any atom is 0.266 e. The van der Waals surface area contributed by atoms with E-state index in [1.54, 1.807) is 29.2 Å². The largest absolute Gasteiger partial charge is 0.355 e. The Hall–Kier alpha value is -3.09. The average Bonchev–Trinajstić information content (AvgIpc) is 3.14. The van der Waals surface area contributed by atoms with Crippen molar-refractivity contribution in [1.82, 2.24) is 24.7 Å². The fraction of sp³-hybridized carbons (Fsp3) is 0.381. The first-order valence-corrected chi connectivity index (χ1v) is 9.77. The summed E-state index contributed by atoms with van der Waals surface area (Å²) in [5.41, 5.74) is 4.23. The van der Waals surface area contributed by atoms with Crippen LogP contribution in [0.4, 0.5) is 5.82 Å². The van der Waals surface area contributed by atoms with Crippen molar-refractivity contribution in [2.45, 2.75) is 32.7 Å². The number of hydrogen-bond acceptors (Lipinski definition) is 6. The van der Waals surface area contributed by atoms with Gasteiger partial charge in [-0.25, -0.2) is 14.6 Å². The highest BCUT2D eigenvalue weighted by atomic mass is 16.1. The van der Waals surface area contributed by atoms with Crippen LogP contribution in [0.3, 0.4) is 0 Å². The Morgan fingerprint density at radius 2 is 1.89 bits per heavy atom. The van der Waals surface area contributed by atoms with Crippen LogP contribution < -0.4 is 10.5 Å². The second kappa shape index (κ2) is 6.82. The van der Waals surface area contributed by atoms with Gasteiger partial charge >= 0.3 is 0 Å². The number of aromatic nitrogens is 5. The summed E-state index contributed by atoms with van der Waals surface area (Å²) in [5, 5.41) is 4.57. The summed E-state index contributed by atoms with van der Waals surface area (Å²) in [7, 11) is 0. The van der Waals surface area contributed by atoms with Gasteiger partial charge in [-0.1, -0.05) is 0 Å².